The molecule has 0 radical (unpaired) electrons. The molecule has 0 fully saturated rings. The van der Waals surface area contributed by atoms with Gasteiger partial charge in [0.15, 0.2) is 4.96 Å². The number of aromatic nitrogens is 2. The average Bonchev–Trinajstić information content (AvgIpc) is 2.96. The summed E-state index contributed by atoms with van der Waals surface area (Å²) in [5.41, 5.74) is 1.50. The Morgan fingerprint density at radius 3 is 2.56 bits per heavy atom. The Morgan fingerprint density at radius 1 is 1.30 bits per heavy atom. The number of benzene rings is 1. The third-order valence-electron chi connectivity index (χ3n) is 4.45. The van der Waals surface area contributed by atoms with Crippen molar-refractivity contribution < 1.29 is 14.6 Å². The first-order valence-electron chi connectivity index (χ1n) is 8.70. The van der Waals surface area contributed by atoms with Gasteiger partial charge in [-0.3, -0.25) is 9.20 Å². The van der Waals surface area contributed by atoms with E-state index in [-0.39, 0.29) is 11.4 Å². The highest BCUT2D eigenvalue weighted by Gasteiger charge is 2.23. The highest BCUT2D eigenvalue weighted by molar-refractivity contribution is 7.17. The number of thiazole rings is 1. The van der Waals surface area contributed by atoms with Crippen LogP contribution in [-0.4, -0.2) is 32.2 Å². The van der Waals surface area contributed by atoms with Crippen LogP contribution in [0.25, 0.3) is 4.96 Å². The fourth-order valence-corrected chi connectivity index (χ4v) is 4.06. The lowest BCUT2D eigenvalue weighted by molar-refractivity contribution is 0.0269. The molecule has 2 N–H and O–H groups in total. The minimum absolute atomic E-state index is 0.300. The quantitative estimate of drug-likeness (QED) is 0.675. The van der Waals surface area contributed by atoms with Crippen molar-refractivity contribution in [2.24, 2.45) is 0 Å². The first-order valence-corrected chi connectivity index (χ1v) is 9.52. The van der Waals surface area contributed by atoms with E-state index in [9.17, 15) is 19.4 Å². The smallest absolute Gasteiger partial charge is 0.259 e. The minimum Gasteiger partial charge on any atom is -0.390 e. The summed E-state index contributed by atoms with van der Waals surface area (Å²) in [5.74, 6) is -0.300. The van der Waals surface area contributed by atoms with Gasteiger partial charge in [-0.15, -0.1) is 11.3 Å². The molecule has 2 unspecified atom stereocenters. The zero-order chi connectivity index (χ0) is 19.7. The fraction of sp³-hybridized carbons (Fsp3) is 0.368. The molecule has 8 heteroatoms. The van der Waals surface area contributed by atoms with E-state index in [0.717, 1.165) is 10.6 Å². The summed E-state index contributed by atoms with van der Waals surface area (Å²) in [5, 5.41) is 19.9. The molecule has 0 aliphatic rings. The number of hydrogen-bond acceptors (Lipinski definition) is 6. The van der Waals surface area contributed by atoms with E-state index in [1.165, 1.54) is 40.9 Å². The normalized spacial score (nSPS) is 13.7. The van der Waals surface area contributed by atoms with Crippen molar-refractivity contribution in [2.45, 2.75) is 39.5 Å². The molecule has 0 spiro atoms. The molecule has 144 valence electrons. The van der Waals surface area contributed by atoms with Crippen LogP contribution in [0.2, 0.25) is 0 Å². The van der Waals surface area contributed by atoms with Crippen molar-refractivity contribution in [3.05, 3.63) is 62.8 Å². The van der Waals surface area contributed by atoms with Gasteiger partial charge in [0, 0.05) is 23.2 Å². The van der Waals surface area contributed by atoms with E-state index in [0.29, 0.717) is 29.4 Å². The van der Waals surface area contributed by atoms with Crippen LogP contribution in [0, 0.1) is 12.7 Å². The van der Waals surface area contributed by atoms with Gasteiger partial charge in [-0.1, -0.05) is 0 Å². The summed E-state index contributed by atoms with van der Waals surface area (Å²) in [4.78, 5) is 20.4. The topological polar surface area (TPSA) is 78.1 Å². The SMILES string of the molecule is CCN(Cc1cc(=O)n2c(C(O)C(C)O)c(C)sc2n1)c1ccc(F)cc1. The standard InChI is InChI=1S/C19H22FN3O3S/c1-4-22(15-7-5-13(20)6-8-15)10-14-9-16(25)23-17(18(26)11(2)24)12(3)27-19(23)21-14/h5-9,11,18,24,26H,4,10H2,1-3H3. The second-order valence-corrected chi connectivity index (χ2v) is 7.60. The van der Waals surface area contributed by atoms with Crippen LogP contribution in [0.15, 0.2) is 35.1 Å². The second kappa shape index (κ2) is 7.75. The van der Waals surface area contributed by atoms with E-state index >= 15 is 0 Å². The summed E-state index contributed by atoms with van der Waals surface area (Å²) < 4.78 is 14.5. The molecule has 0 bridgehead atoms. The molecule has 3 rings (SSSR count). The monoisotopic (exact) mass is 391 g/mol. The van der Waals surface area contributed by atoms with Gasteiger partial charge in [0.25, 0.3) is 5.56 Å². The summed E-state index contributed by atoms with van der Waals surface area (Å²) in [6, 6.07) is 7.61. The first kappa shape index (κ1) is 19.5. The van der Waals surface area contributed by atoms with Gasteiger partial charge in [-0.05, 0) is 45.0 Å². The average molecular weight is 391 g/mol. The van der Waals surface area contributed by atoms with Gasteiger partial charge in [0.2, 0.25) is 0 Å². The molecule has 2 aromatic heterocycles. The highest BCUT2D eigenvalue weighted by Crippen LogP contribution is 2.27. The molecule has 0 aliphatic carbocycles. The van der Waals surface area contributed by atoms with Gasteiger partial charge < -0.3 is 15.1 Å². The number of fused-ring (bicyclic) bond motifs is 1. The molecule has 0 saturated heterocycles. The third kappa shape index (κ3) is 3.87. The lowest BCUT2D eigenvalue weighted by atomic mass is 10.1. The molecular formula is C19H22FN3O3S. The minimum atomic E-state index is -1.16. The number of nitrogens with zero attached hydrogens (tertiary/aromatic N) is 3. The maximum absolute atomic E-state index is 13.2. The Labute approximate surface area is 160 Å². The van der Waals surface area contributed by atoms with Gasteiger partial charge in [0.1, 0.15) is 11.9 Å². The van der Waals surface area contributed by atoms with Gasteiger partial charge in [-0.2, -0.15) is 0 Å². The summed E-state index contributed by atoms with van der Waals surface area (Å²) >= 11 is 1.30. The van der Waals surface area contributed by atoms with E-state index in [4.69, 9.17) is 0 Å². The van der Waals surface area contributed by atoms with Gasteiger partial charge >= 0.3 is 0 Å². The van der Waals surface area contributed by atoms with E-state index in [1.807, 2.05) is 11.8 Å². The predicted molar refractivity (Wildman–Crippen MR) is 104 cm³/mol. The zero-order valence-corrected chi connectivity index (χ0v) is 16.2. The number of anilines is 1. The molecule has 0 amide bonds. The van der Waals surface area contributed by atoms with Crippen molar-refractivity contribution >= 4 is 22.0 Å². The molecule has 6 nitrogen and oxygen atoms in total. The van der Waals surface area contributed by atoms with E-state index in [1.54, 1.807) is 19.1 Å². The number of rotatable bonds is 6. The first-order chi connectivity index (χ1) is 12.8. The van der Waals surface area contributed by atoms with Crippen molar-refractivity contribution in [2.75, 3.05) is 11.4 Å². The Morgan fingerprint density at radius 2 is 1.96 bits per heavy atom. The lowest BCUT2D eigenvalue weighted by Gasteiger charge is -2.22. The van der Waals surface area contributed by atoms with Gasteiger partial charge in [0.05, 0.1) is 24.0 Å². The molecule has 0 aliphatic heterocycles. The number of aliphatic hydroxyl groups is 2. The number of hydrogen-bond donors (Lipinski definition) is 2. The molecule has 3 aromatic rings. The van der Waals surface area contributed by atoms with Crippen LogP contribution in [-0.2, 0) is 6.54 Å². The molecule has 27 heavy (non-hydrogen) atoms. The van der Waals surface area contributed by atoms with Crippen molar-refractivity contribution in [3.63, 3.8) is 0 Å². The van der Waals surface area contributed by atoms with Crippen molar-refractivity contribution in [3.8, 4) is 0 Å². The maximum atomic E-state index is 13.2. The van der Waals surface area contributed by atoms with Crippen molar-refractivity contribution in [1.29, 1.82) is 0 Å². The van der Waals surface area contributed by atoms with Crippen LogP contribution in [0.3, 0.4) is 0 Å². The van der Waals surface area contributed by atoms with Crippen LogP contribution in [0.1, 0.15) is 36.2 Å². The Bertz CT molecular complexity index is 998. The molecule has 2 atom stereocenters. The lowest BCUT2D eigenvalue weighted by Crippen LogP contribution is -2.26. The molecular weight excluding hydrogens is 369 g/mol. The zero-order valence-electron chi connectivity index (χ0n) is 15.4. The highest BCUT2D eigenvalue weighted by atomic mass is 32.1. The Hall–Kier alpha value is -2.29. The number of halogens is 1. The molecule has 2 heterocycles. The van der Waals surface area contributed by atoms with E-state index < -0.39 is 12.2 Å². The largest absolute Gasteiger partial charge is 0.390 e. The summed E-state index contributed by atoms with van der Waals surface area (Å²) in [6.45, 7) is 6.31. The summed E-state index contributed by atoms with van der Waals surface area (Å²) in [6.07, 6.45) is -2.16. The number of aryl methyl sites for hydroxylation is 1. The Balaban J connectivity index is 1.99. The fourth-order valence-electron chi connectivity index (χ4n) is 3.03. The number of aliphatic hydroxyl groups excluding tert-OH is 2. The Kier molecular flexibility index (Phi) is 5.59. The van der Waals surface area contributed by atoms with Crippen LogP contribution >= 0.6 is 11.3 Å². The predicted octanol–water partition coefficient (Wildman–Crippen LogP) is 2.64. The van der Waals surface area contributed by atoms with Crippen LogP contribution in [0.5, 0.6) is 0 Å². The van der Waals surface area contributed by atoms with Crippen LogP contribution in [0.4, 0.5) is 10.1 Å². The second-order valence-electron chi connectivity index (χ2n) is 6.42. The summed E-state index contributed by atoms with van der Waals surface area (Å²) in [7, 11) is 0. The molecule has 0 saturated carbocycles. The van der Waals surface area contributed by atoms with Gasteiger partial charge in [-0.25, -0.2) is 9.37 Å². The third-order valence-corrected chi connectivity index (χ3v) is 5.42. The van der Waals surface area contributed by atoms with E-state index in [2.05, 4.69) is 4.98 Å². The molecule has 1 aromatic carbocycles. The maximum Gasteiger partial charge on any atom is 0.259 e. The van der Waals surface area contributed by atoms with Crippen LogP contribution < -0.4 is 10.5 Å². The van der Waals surface area contributed by atoms with Crippen molar-refractivity contribution in [1.82, 2.24) is 9.38 Å².